The van der Waals surface area contributed by atoms with Gasteiger partial charge in [-0.1, -0.05) is 54.6 Å². The van der Waals surface area contributed by atoms with Crippen molar-refractivity contribution in [3.05, 3.63) is 128 Å². The van der Waals surface area contributed by atoms with E-state index in [1.54, 1.807) is 0 Å². The fourth-order valence-electron chi connectivity index (χ4n) is 4.57. The first-order chi connectivity index (χ1) is 18.7. The summed E-state index contributed by atoms with van der Waals surface area (Å²) in [5, 5.41) is 0. The van der Waals surface area contributed by atoms with Crippen molar-refractivity contribution in [2.24, 2.45) is 0 Å². The highest BCUT2D eigenvalue weighted by Crippen LogP contribution is 2.62. The second-order valence-corrected chi connectivity index (χ2v) is 13.2. The molecule has 190 valence electrons. The zero-order chi connectivity index (χ0) is 25.9. The summed E-state index contributed by atoms with van der Waals surface area (Å²) in [4.78, 5) is 4.20. The minimum atomic E-state index is -0.552. The van der Waals surface area contributed by atoms with Crippen LogP contribution in [-0.4, -0.2) is 6.79 Å². The van der Waals surface area contributed by atoms with Gasteiger partial charge in [-0.25, -0.2) is 0 Å². The third-order valence-corrected chi connectivity index (χ3v) is 10.5. The minimum absolute atomic E-state index is 0.162. The Morgan fingerprint density at radius 3 is 1.74 bits per heavy atom. The molecule has 1 aliphatic rings. The summed E-state index contributed by atoms with van der Waals surface area (Å²) in [6.07, 6.45) is 0. The van der Waals surface area contributed by atoms with E-state index in [2.05, 4.69) is 130 Å². The Hall–Kier alpha value is -2.69. The van der Waals surface area contributed by atoms with Gasteiger partial charge in [0.2, 0.25) is 6.79 Å². The predicted molar refractivity (Wildman–Crippen MR) is 171 cm³/mol. The maximum atomic E-state index is 6.17. The highest BCUT2D eigenvalue weighted by Gasteiger charge is 2.26. The van der Waals surface area contributed by atoms with Crippen LogP contribution in [0.1, 0.15) is 5.56 Å². The molecule has 6 heteroatoms. The number of fused-ring (bicyclic) bond motifs is 3. The molecule has 0 spiro atoms. The largest absolute Gasteiger partial charge is 0.489 e. The molecule has 38 heavy (non-hydrogen) atoms. The number of hydrogen-bond donors (Lipinski definition) is 1. The van der Waals surface area contributed by atoms with Crippen molar-refractivity contribution in [1.82, 2.24) is 0 Å². The molecule has 6 rings (SSSR count). The van der Waals surface area contributed by atoms with Crippen LogP contribution in [0.5, 0.6) is 17.2 Å². The van der Waals surface area contributed by atoms with E-state index in [1.807, 2.05) is 30.3 Å². The lowest BCUT2D eigenvalue weighted by Gasteiger charge is -2.19. The summed E-state index contributed by atoms with van der Waals surface area (Å²) in [6, 6.07) is 40.1. The Morgan fingerprint density at radius 2 is 1.11 bits per heavy atom. The molecular weight excluding hydrogens is 718 g/mol. The molecule has 5 aromatic rings. The molecule has 0 atom stereocenters. The zero-order valence-corrected chi connectivity index (χ0v) is 25.5. The van der Waals surface area contributed by atoms with Gasteiger partial charge in [-0.2, -0.15) is 10.9 Å². The van der Waals surface area contributed by atoms with Gasteiger partial charge in [0, 0.05) is 9.79 Å². The van der Waals surface area contributed by atoms with Gasteiger partial charge < -0.3 is 14.2 Å². The SMILES string of the molecule is Ic1cc(COc2ccc([SH]3c4ccccc4-c4ccccc43)cc2)cc(I)c1OCOc1ccccc1. The molecule has 0 saturated heterocycles. The maximum absolute atomic E-state index is 6.17. The Labute approximate surface area is 252 Å². The van der Waals surface area contributed by atoms with Crippen LogP contribution in [-0.2, 0) is 6.61 Å². The average Bonchev–Trinajstić information content (AvgIpc) is 3.29. The third kappa shape index (κ3) is 5.39. The van der Waals surface area contributed by atoms with Crippen molar-refractivity contribution in [3.8, 4) is 28.4 Å². The second kappa shape index (κ2) is 11.6. The van der Waals surface area contributed by atoms with E-state index >= 15 is 0 Å². The first-order valence-corrected chi connectivity index (χ1v) is 15.7. The molecule has 0 saturated carbocycles. The molecule has 0 aliphatic carbocycles. The molecule has 0 unspecified atom stereocenters. The summed E-state index contributed by atoms with van der Waals surface area (Å²) < 4.78 is 19.8. The summed E-state index contributed by atoms with van der Waals surface area (Å²) in [7, 11) is -0.552. The first kappa shape index (κ1) is 25.6. The number of para-hydroxylation sites is 1. The first-order valence-electron chi connectivity index (χ1n) is 12.2. The summed E-state index contributed by atoms with van der Waals surface area (Å²) in [5.41, 5.74) is 3.82. The van der Waals surface area contributed by atoms with Crippen LogP contribution in [0.25, 0.3) is 11.1 Å². The van der Waals surface area contributed by atoms with Gasteiger partial charge in [0.15, 0.2) is 0 Å². The fraction of sp³-hybridized carbons (Fsp3) is 0.0625. The predicted octanol–water partition coefficient (Wildman–Crippen LogP) is 9.35. The Balaban J connectivity index is 1.12. The monoisotopic (exact) mass is 742 g/mol. The highest BCUT2D eigenvalue weighted by molar-refractivity contribution is 14.1. The van der Waals surface area contributed by atoms with Gasteiger partial charge in [-0.05, 0) is 127 Å². The van der Waals surface area contributed by atoms with Gasteiger partial charge in [0.25, 0.3) is 0 Å². The average molecular weight is 742 g/mol. The lowest BCUT2D eigenvalue weighted by molar-refractivity contribution is 0.118. The maximum Gasteiger partial charge on any atom is 0.230 e. The van der Waals surface area contributed by atoms with Crippen molar-refractivity contribution in [2.75, 3.05) is 6.79 Å². The van der Waals surface area contributed by atoms with Gasteiger partial charge in [-0.15, -0.1) is 0 Å². The van der Waals surface area contributed by atoms with Gasteiger partial charge in [-0.3, -0.25) is 0 Å². The fourth-order valence-corrected chi connectivity index (χ4v) is 9.38. The van der Waals surface area contributed by atoms with Crippen molar-refractivity contribution in [3.63, 3.8) is 0 Å². The van der Waals surface area contributed by atoms with Gasteiger partial charge in [0.05, 0.1) is 7.14 Å². The number of ether oxygens (including phenoxy) is 3. The molecule has 0 amide bonds. The normalized spacial score (nSPS) is 12.5. The summed E-state index contributed by atoms with van der Waals surface area (Å²) in [6.45, 7) is 0.655. The number of rotatable bonds is 8. The Kier molecular flexibility index (Phi) is 7.80. The minimum Gasteiger partial charge on any atom is -0.489 e. The lowest BCUT2D eigenvalue weighted by atomic mass is 10.1. The van der Waals surface area contributed by atoms with Crippen LogP contribution in [0.2, 0.25) is 0 Å². The summed E-state index contributed by atoms with van der Waals surface area (Å²) >= 11 is 4.62. The van der Waals surface area contributed by atoms with E-state index in [0.717, 1.165) is 30.0 Å². The molecule has 0 N–H and O–H groups in total. The van der Waals surface area contributed by atoms with Crippen molar-refractivity contribution < 1.29 is 14.2 Å². The molecular formula is C32H24I2O3S. The van der Waals surface area contributed by atoms with Crippen molar-refractivity contribution in [2.45, 2.75) is 21.3 Å². The van der Waals surface area contributed by atoms with E-state index in [1.165, 1.54) is 25.8 Å². The quantitative estimate of drug-likeness (QED) is 0.0958. The number of thiol groups is 1. The zero-order valence-electron chi connectivity index (χ0n) is 20.3. The molecule has 3 nitrogen and oxygen atoms in total. The van der Waals surface area contributed by atoms with Crippen molar-refractivity contribution in [1.29, 1.82) is 0 Å². The van der Waals surface area contributed by atoms with Crippen LogP contribution in [0.3, 0.4) is 0 Å². The van der Waals surface area contributed by atoms with E-state index in [4.69, 9.17) is 14.2 Å². The number of halogens is 2. The van der Waals surface area contributed by atoms with Crippen LogP contribution in [0, 0.1) is 7.14 Å². The van der Waals surface area contributed by atoms with Gasteiger partial charge in [0.1, 0.15) is 23.9 Å². The molecule has 0 aromatic heterocycles. The van der Waals surface area contributed by atoms with E-state index in [9.17, 15) is 0 Å². The van der Waals surface area contributed by atoms with E-state index < -0.39 is 10.9 Å². The second-order valence-electron chi connectivity index (χ2n) is 8.76. The molecule has 0 radical (unpaired) electrons. The third-order valence-electron chi connectivity index (χ3n) is 6.31. The molecule has 0 fully saturated rings. The van der Waals surface area contributed by atoms with E-state index in [-0.39, 0.29) is 6.79 Å². The van der Waals surface area contributed by atoms with Crippen LogP contribution in [0.15, 0.2) is 130 Å². The van der Waals surface area contributed by atoms with Crippen LogP contribution < -0.4 is 14.2 Å². The Morgan fingerprint density at radius 1 is 0.553 bits per heavy atom. The summed E-state index contributed by atoms with van der Waals surface area (Å²) in [5.74, 6) is 2.48. The highest BCUT2D eigenvalue weighted by atomic mass is 127. The molecule has 5 aromatic carbocycles. The topological polar surface area (TPSA) is 27.7 Å². The van der Waals surface area contributed by atoms with Crippen molar-refractivity contribution >= 4 is 56.1 Å². The molecule has 1 heterocycles. The number of hydrogen-bond acceptors (Lipinski definition) is 3. The van der Waals surface area contributed by atoms with E-state index in [0.29, 0.717) is 6.61 Å². The smallest absolute Gasteiger partial charge is 0.230 e. The van der Waals surface area contributed by atoms with Gasteiger partial charge >= 0.3 is 0 Å². The van der Waals surface area contributed by atoms with Crippen LogP contribution >= 0.6 is 56.1 Å². The standard InChI is InChI=1S/C32H24I2O3S/c33-28-18-22(19-29(34)32(28)37-21-36-23-8-2-1-3-9-23)20-35-24-14-16-25(17-15-24)38-30-12-6-4-10-26(30)27-11-5-7-13-31(27)38/h1-19,38H,20-21H2. The Bertz CT molecular complexity index is 1500. The lowest BCUT2D eigenvalue weighted by Crippen LogP contribution is -2.08. The molecule has 0 bridgehead atoms. The number of benzene rings is 5. The molecule has 1 aliphatic heterocycles. The van der Waals surface area contributed by atoms with Crippen LogP contribution in [0.4, 0.5) is 0 Å².